The quantitative estimate of drug-likeness (QED) is 0.478. The van der Waals surface area contributed by atoms with Gasteiger partial charge in [0.05, 0.1) is 18.9 Å². The Morgan fingerprint density at radius 3 is 2.52 bits per heavy atom. The van der Waals surface area contributed by atoms with Crippen molar-refractivity contribution in [2.24, 2.45) is 10.1 Å². The maximum atomic E-state index is 12.4. The Labute approximate surface area is 134 Å². The van der Waals surface area contributed by atoms with Gasteiger partial charge in [-0.2, -0.15) is 10.1 Å². The van der Waals surface area contributed by atoms with Gasteiger partial charge in [-0.25, -0.2) is 9.79 Å². The van der Waals surface area contributed by atoms with Crippen molar-refractivity contribution >= 4 is 23.5 Å². The molecule has 0 radical (unpaired) electrons. The van der Waals surface area contributed by atoms with Crippen LogP contribution in [0.4, 0.5) is 0 Å². The smallest absolute Gasteiger partial charge is 0.332 e. The van der Waals surface area contributed by atoms with Crippen molar-refractivity contribution in [3.63, 3.8) is 0 Å². The molecule has 2 rings (SSSR count). The standard InChI is InChI=1S/C16H18N4O3/c1-11(12-8-6-5-7-9-12)18-20-15(22)13(10-14(21)23-4)17-16(20)19(2)3/h5-10H,1-4H3/b13-10+,18-11-. The SMILES string of the molecule is COC(=O)/C=C1/N=C(N(C)C)N(/N=C(/C)c2ccccc2)C1=O. The molecule has 1 amide bonds. The van der Waals surface area contributed by atoms with Crippen LogP contribution in [-0.2, 0) is 14.3 Å². The monoisotopic (exact) mass is 314 g/mol. The molecule has 7 nitrogen and oxygen atoms in total. The molecule has 1 aromatic rings. The fourth-order valence-electron chi connectivity index (χ4n) is 1.93. The Bertz CT molecular complexity index is 705. The number of hydrazone groups is 1. The maximum Gasteiger partial charge on any atom is 0.332 e. The van der Waals surface area contributed by atoms with E-state index in [1.807, 2.05) is 30.3 Å². The zero-order chi connectivity index (χ0) is 17.0. The van der Waals surface area contributed by atoms with Crippen molar-refractivity contribution < 1.29 is 14.3 Å². The molecule has 1 heterocycles. The van der Waals surface area contributed by atoms with E-state index in [9.17, 15) is 9.59 Å². The van der Waals surface area contributed by atoms with Crippen molar-refractivity contribution in [2.45, 2.75) is 6.92 Å². The van der Waals surface area contributed by atoms with Crippen LogP contribution >= 0.6 is 0 Å². The number of guanidine groups is 1. The normalized spacial score (nSPS) is 16.6. The van der Waals surface area contributed by atoms with Gasteiger partial charge in [-0.3, -0.25) is 4.79 Å². The molecule has 0 fully saturated rings. The zero-order valence-electron chi connectivity index (χ0n) is 13.5. The number of methoxy groups -OCH3 is 1. The van der Waals surface area contributed by atoms with Crippen LogP contribution in [0, 0.1) is 0 Å². The average molecular weight is 314 g/mol. The second-order valence-corrected chi connectivity index (χ2v) is 5.03. The molecule has 1 aromatic carbocycles. The van der Waals surface area contributed by atoms with Crippen molar-refractivity contribution in [3.05, 3.63) is 47.7 Å². The molecule has 7 heteroatoms. The lowest BCUT2D eigenvalue weighted by Gasteiger charge is -2.19. The molecule has 1 aliphatic rings. The lowest BCUT2D eigenvalue weighted by Crippen LogP contribution is -2.37. The largest absolute Gasteiger partial charge is 0.466 e. The van der Waals surface area contributed by atoms with Crippen LogP contribution in [0.25, 0.3) is 0 Å². The molecule has 1 aliphatic heterocycles. The van der Waals surface area contributed by atoms with Crippen molar-refractivity contribution in [1.82, 2.24) is 9.91 Å². The van der Waals surface area contributed by atoms with E-state index < -0.39 is 11.9 Å². The molecule has 120 valence electrons. The van der Waals surface area contributed by atoms with E-state index in [1.165, 1.54) is 12.1 Å². The molecular formula is C16H18N4O3. The van der Waals surface area contributed by atoms with E-state index in [2.05, 4.69) is 14.8 Å². The summed E-state index contributed by atoms with van der Waals surface area (Å²) in [6.07, 6.45) is 1.05. The number of aliphatic imine (C=N–C) groups is 1. The average Bonchev–Trinajstić information content (AvgIpc) is 2.85. The summed E-state index contributed by atoms with van der Waals surface area (Å²) in [6.45, 7) is 1.80. The number of carbonyl (C=O) groups is 2. The highest BCUT2D eigenvalue weighted by atomic mass is 16.5. The van der Waals surface area contributed by atoms with Crippen LogP contribution in [-0.4, -0.2) is 54.7 Å². The van der Waals surface area contributed by atoms with E-state index in [0.717, 1.165) is 11.6 Å². The van der Waals surface area contributed by atoms with Crippen LogP contribution in [0.15, 0.2) is 52.2 Å². The number of rotatable bonds is 3. The van der Waals surface area contributed by atoms with E-state index in [-0.39, 0.29) is 5.70 Å². The first-order chi connectivity index (χ1) is 10.9. The summed E-state index contributed by atoms with van der Waals surface area (Å²) in [4.78, 5) is 29.6. The summed E-state index contributed by atoms with van der Waals surface area (Å²) < 4.78 is 4.54. The van der Waals surface area contributed by atoms with Crippen LogP contribution in [0.3, 0.4) is 0 Å². The molecule has 0 aliphatic carbocycles. The first kappa shape index (κ1) is 16.4. The van der Waals surface area contributed by atoms with Gasteiger partial charge in [0.25, 0.3) is 5.91 Å². The number of esters is 1. The summed E-state index contributed by atoms with van der Waals surface area (Å²) in [6, 6.07) is 9.49. The van der Waals surface area contributed by atoms with Gasteiger partial charge in [0.2, 0.25) is 5.96 Å². The molecule has 0 spiro atoms. The highest BCUT2D eigenvalue weighted by molar-refractivity contribution is 6.14. The molecule has 0 atom stereocenters. The minimum Gasteiger partial charge on any atom is -0.466 e. The van der Waals surface area contributed by atoms with Gasteiger partial charge >= 0.3 is 5.97 Å². The van der Waals surface area contributed by atoms with Crippen molar-refractivity contribution in [3.8, 4) is 0 Å². The summed E-state index contributed by atoms with van der Waals surface area (Å²) >= 11 is 0. The first-order valence-corrected chi connectivity index (χ1v) is 6.94. The van der Waals surface area contributed by atoms with E-state index >= 15 is 0 Å². The molecule has 23 heavy (non-hydrogen) atoms. The number of hydrogen-bond donors (Lipinski definition) is 0. The molecule has 0 N–H and O–H groups in total. The number of ether oxygens (including phenoxy) is 1. The van der Waals surface area contributed by atoms with Gasteiger partial charge in [0.1, 0.15) is 5.70 Å². The van der Waals surface area contributed by atoms with E-state index in [1.54, 1.807) is 25.9 Å². The highest BCUT2D eigenvalue weighted by Gasteiger charge is 2.32. The minimum atomic E-state index is -0.638. The Morgan fingerprint density at radius 2 is 1.96 bits per heavy atom. The summed E-state index contributed by atoms with van der Waals surface area (Å²) in [7, 11) is 4.73. The number of carbonyl (C=O) groups excluding carboxylic acids is 2. The van der Waals surface area contributed by atoms with Gasteiger partial charge in [-0.15, -0.1) is 0 Å². The first-order valence-electron chi connectivity index (χ1n) is 6.94. The van der Waals surface area contributed by atoms with Crippen molar-refractivity contribution in [2.75, 3.05) is 21.2 Å². The predicted octanol–water partition coefficient (Wildman–Crippen LogP) is 1.23. The van der Waals surface area contributed by atoms with Crippen LogP contribution in [0.1, 0.15) is 12.5 Å². The van der Waals surface area contributed by atoms with Crippen molar-refractivity contribution in [1.29, 1.82) is 0 Å². The summed E-state index contributed by atoms with van der Waals surface area (Å²) in [5.74, 6) is -0.782. The molecule has 0 unspecified atom stereocenters. The number of hydrogen-bond acceptors (Lipinski definition) is 6. The van der Waals surface area contributed by atoms with Gasteiger partial charge in [-0.05, 0) is 12.5 Å². The van der Waals surface area contributed by atoms with Gasteiger partial charge in [0, 0.05) is 14.1 Å². The second kappa shape index (κ2) is 6.87. The zero-order valence-corrected chi connectivity index (χ0v) is 13.5. The predicted molar refractivity (Wildman–Crippen MR) is 86.7 cm³/mol. The highest BCUT2D eigenvalue weighted by Crippen LogP contribution is 2.17. The van der Waals surface area contributed by atoms with Gasteiger partial charge in [-0.1, -0.05) is 30.3 Å². The van der Waals surface area contributed by atoms with Gasteiger partial charge < -0.3 is 9.64 Å². The number of nitrogens with zero attached hydrogens (tertiary/aromatic N) is 4. The third-order valence-corrected chi connectivity index (χ3v) is 3.12. The summed E-state index contributed by atoms with van der Waals surface area (Å²) in [5.41, 5.74) is 1.54. The van der Waals surface area contributed by atoms with E-state index in [4.69, 9.17) is 0 Å². The lowest BCUT2D eigenvalue weighted by molar-refractivity contribution is -0.135. The van der Waals surface area contributed by atoms with Crippen LogP contribution in [0.5, 0.6) is 0 Å². The Hall–Kier alpha value is -2.96. The topological polar surface area (TPSA) is 74.6 Å². The van der Waals surface area contributed by atoms with E-state index in [0.29, 0.717) is 11.7 Å². The Kier molecular flexibility index (Phi) is 4.90. The molecule has 0 bridgehead atoms. The minimum absolute atomic E-state index is 0.00911. The molecule has 0 saturated carbocycles. The second-order valence-electron chi connectivity index (χ2n) is 5.03. The Morgan fingerprint density at radius 1 is 1.30 bits per heavy atom. The maximum absolute atomic E-state index is 12.4. The Balaban J connectivity index is 2.38. The fraction of sp³-hybridized carbons (Fsp3) is 0.250. The molecule has 0 saturated heterocycles. The third-order valence-electron chi connectivity index (χ3n) is 3.12. The van der Waals surface area contributed by atoms with Gasteiger partial charge in [0.15, 0.2) is 0 Å². The molecular weight excluding hydrogens is 296 g/mol. The molecule has 0 aromatic heterocycles. The number of benzene rings is 1. The van der Waals surface area contributed by atoms with Crippen LogP contribution < -0.4 is 0 Å². The van der Waals surface area contributed by atoms with Crippen LogP contribution in [0.2, 0.25) is 0 Å². The third kappa shape index (κ3) is 3.63. The summed E-state index contributed by atoms with van der Waals surface area (Å²) in [5, 5.41) is 5.53. The number of amides is 1. The fourth-order valence-corrected chi connectivity index (χ4v) is 1.93. The lowest BCUT2D eigenvalue weighted by atomic mass is 10.1.